The van der Waals surface area contributed by atoms with E-state index in [4.69, 9.17) is 38.8 Å². The average molecular weight is 302 g/mol. The van der Waals surface area contributed by atoms with Crippen LogP contribution >= 0.6 is 39.9 Å². The van der Waals surface area contributed by atoms with Crippen LogP contribution < -0.4 is 4.74 Å². The molecule has 0 saturated carbocycles. The van der Waals surface area contributed by atoms with Crippen molar-refractivity contribution in [3.05, 3.63) is 29.8 Å². The molecule has 0 radical (unpaired) electrons. The maximum absolute atomic E-state index is 11.1. The van der Waals surface area contributed by atoms with E-state index in [0.29, 0.717) is 6.42 Å². The first-order chi connectivity index (χ1) is 7.40. The van der Waals surface area contributed by atoms with Gasteiger partial charge in [-0.05, 0) is 46.6 Å². The third kappa shape index (κ3) is 5.45. The Morgan fingerprint density at radius 1 is 1.31 bits per heavy atom. The van der Waals surface area contributed by atoms with Crippen LogP contribution in [0, 0.1) is 0 Å². The van der Waals surface area contributed by atoms with Gasteiger partial charge in [0.15, 0.2) is 0 Å². The summed E-state index contributed by atoms with van der Waals surface area (Å²) < 4.78 is 16.2. The highest BCUT2D eigenvalue weighted by Crippen LogP contribution is 2.57. The van der Waals surface area contributed by atoms with Crippen LogP contribution in [0.4, 0.5) is 0 Å². The maximum atomic E-state index is 11.1. The van der Waals surface area contributed by atoms with Gasteiger partial charge in [-0.1, -0.05) is 12.1 Å². The van der Waals surface area contributed by atoms with Gasteiger partial charge < -0.3 is 4.74 Å². The quantitative estimate of drug-likeness (QED) is 0.590. The number of ether oxygens (including phenoxy) is 1. The summed E-state index contributed by atoms with van der Waals surface area (Å²) in [6.45, 7) is 0. The minimum Gasteiger partial charge on any atom is -0.497 e. The van der Waals surface area contributed by atoms with Gasteiger partial charge in [0.25, 0.3) is 5.85 Å². The Kier molecular flexibility index (Phi) is 5.46. The zero-order valence-electron chi connectivity index (χ0n) is 8.70. The van der Waals surface area contributed by atoms with Gasteiger partial charge in [0.2, 0.25) is 0 Å². The summed E-state index contributed by atoms with van der Waals surface area (Å²) in [7, 11) is 1.61. The van der Waals surface area contributed by atoms with Gasteiger partial charge in [0, 0.05) is 11.5 Å². The second-order valence-corrected chi connectivity index (χ2v) is 9.32. The van der Waals surface area contributed by atoms with Gasteiger partial charge in [0.05, 0.1) is 7.11 Å². The van der Waals surface area contributed by atoms with Crippen LogP contribution in [-0.4, -0.2) is 18.6 Å². The molecule has 0 aliphatic carbocycles. The van der Waals surface area contributed by atoms with Crippen LogP contribution in [0.5, 0.6) is 5.75 Å². The summed E-state index contributed by atoms with van der Waals surface area (Å²) in [6.07, 6.45) is 0.693. The molecule has 1 rings (SSSR count). The second-order valence-electron chi connectivity index (χ2n) is 3.40. The zero-order chi connectivity index (χ0) is 12.2. The van der Waals surface area contributed by atoms with Crippen molar-refractivity contribution in [3.63, 3.8) is 0 Å². The molecular weight excluding hydrogens is 289 g/mol. The normalized spacial score (nSPS) is 13.5. The Morgan fingerprint density at radius 2 is 1.88 bits per heavy atom. The zero-order valence-corrected chi connectivity index (χ0v) is 11.9. The topological polar surface area (TPSA) is 26.3 Å². The largest absolute Gasteiger partial charge is 0.497 e. The van der Waals surface area contributed by atoms with Crippen LogP contribution in [0.25, 0.3) is 0 Å². The number of hydrogen-bond donors (Lipinski definition) is 0. The molecule has 0 aliphatic heterocycles. The molecule has 0 bridgehead atoms. The minimum absolute atomic E-state index is 0.115. The van der Waals surface area contributed by atoms with Crippen LogP contribution in [-0.2, 0) is 11.0 Å². The SMILES string of the molecule is COc1ccc(CC(Cl)CP(=O)(Cl)Cl)cc1. The predicted octanol–water partition coefficient (Wildman–Crippen LogP) is 4.52. The smallest absolute Gasteiger partial charge is 0.254 e. The Bertz CT molecular complexity index is 374. The van der Waals surface area contributed by atoms with E-state index in [1.807, 2.05) is 24.3 Å². The second kappa shape index (κ2) is 6.16. The Morgan fingerprint density at radius 3 is 2.31 bits per heavy atom. The van der Waals surface area contributed by atoms with Crippen molar-refractivity contribution < 1.29 is 9.30 Å². The number of halogens is 3. The highest BCUT2D eigenvalue weighted by atomic mass is 35.9. The number of alkyl halides is 1. The van der Waals surface area contributed by atoms with E-state index in [-0.39, 0.29) is 11.5 Å². The van der Waals surface area contributed by atoms with Gasteiger partial charge in [-0.25, -0.2) is 0 Å². The van der Waals surface area contributed by atoms with E-state index in [2.05, 4.69) is 0 Å². The molecule has 90 valence electrons. The summed E-state index contributed by atoms with van der Waals surface area (Å²) in [5.74, 6) is -2.30. The van der Waals surface area contributed by atoms with Crippen molar-refractivity contribution >= 4 is 39.9 Å². The van der Waals surface area contributed by atoms with Crippen molar-refractivity contribution in [1.82, 2.24) is 0 Å². The fourth-order valence-corrected chi connectivity index (χ4v) is 4.09. The van der Waals surface area contributed by atoms with Crippen molar-refractivity contribution in [2.75, 3.05) is 13.3 Å². The summed E-state index contributed by atoms with van der Waals surface area (Å²) in [6, 6.07) is 7.50. The lowest BCUT2D eigenvalue weighted by atomic mass is 10.1. The highest BCUT2D eigenvalue weighted by molar-refractivity contribution is 8.08. The van der Waals surface area contributed by atoms with Crippen LogP contribution in [0.15, 0.2) is 24.3 Å². The standard InChI is InChI=1S/C10H12Cl3O2P/c1-15-10-4-2-8(3-5-10)6-9(11)7-16(12,13)14/h2-5,9H,6-7H2,1H3. The highest BCUT2D eigenvalue weighted by Gasteiger charge is 2.20. The summed E-state index contributed by atoms with van der Waals surface area (Å²) in [4.78, 5) is 0. The maximum Gasteiger partial charge on any atom is 0.254 e. The van der Waals surface area contributed by atoms with Gasteiger partial charge >= 0.3 is 0 Å². The minimum atomic E-state index is -3.09. The van der Waals surface area contributed by atoms with E-state index in [0.717, 1.165) is 11.3 Å². The molecule has 1 unspecified atom stereocenters. The molecule has 0 saturated heterocycles. The van der Waals surface area contributed by atoms with Crippen LogP contribution in [0.3, 0.4) is 0 Å². The molecule has 2 nitrogen and oxygen atoms in total. The molecule has 1 atom stereocenters. The van der Waals surface area contributed by atoms with Crippen molar-refractivity contribution in [2.24, 2.45) is 0 Å². The molecule has 16 heavy (non-hydrogen) atoms. The molecule has 1 aromatic carbocycles. The van der Waals surface area contributed by atoms with Crippen molar-refractivity contribution in [1.29, 1.82) is 0 Å². The monoisotopic (exact) mass is 300 g/mol. The Hall–Kier alpha value is 0.120. The summed E-state index contributed by atoms with van der Waals surface area (Å²) >= 11 is 16.9. The molecule has 0 spiro atoms. The molecule has 6 heteroatoms. The first kappa shape index (κ1) is 14.2. The van der Waals surface area contributed by atoms with Crippen LogP contribution in [0.2, 0.25) is 0 Å². The fraction of sp³-hybridized carbons (Fsp3) is 0.400. The first-order valence-corrected chi connectivity index (χ1v) is 8.80. The molecule has 0 N–H and O–H groups in total. The third-order valence-corrected chi connectivity index (χ3v) is 4.24. The first-order valence-electron chi connectivity index (χ1n) is 4.66. The lowest BCUT2D eigenvalue weighted by Gasteiger charge is -2.10. The molecule has 1 aromatic rings. The lowest BCUT2D eigenvalue weighted by molar-refractivity contribution is 0.414. The fourth-order valence-electron chi connectivity index (χ4n) is 1.31. The Balaban J connectivity index is 2.56. The summed E-state index contributed by atoms with van der Waals surface area (Å²) in [5.41, 5.74) is 1.03. The van der Waals surface area contributed by atoms with Gasteiger partial charge in [-0.2, -0.15) is 0 Å². The Labute approximate surface area is 110 Å². The van der Waals surface area contributed by atoms with Crippen molar-refractivity contribution in [3.8, 4) is 5.75 Å². The van der Waals surface area contributed by atoms with E-state index in [1.165, 1.54) is 0 Å². The molecule has 0 aromatic heterocycles. The number of methoxy groups -OCH3 is 1. The summed E-state index contributed by atoms with van der Waals surface area (Å²) in [5, 5.41) is -0.325. The lowest BCUT2D eigenvalue weighted by Crippen LogP contribution is -2.06. The van der Waals surface area contributed by atoms with Gasteiger partial charge in [0.1, 0.15) is 5.75 Å². The average Bonchev–Trinajstić information content (AvgIpc) is 2.16. The van der Waals surface area contributed by atoms with Crippen LogP contribution in [0.1, 0.15) is 5.56 Å². The van der Waals surface area contributed by atoms with Gasteiger partial charge in [-0.3, -0.25) is 4.57 Å². The molecular formula is C10H12Cl3O2P. The molecule has 0 aliphatic rings. The molecule has 0 amide bonds. The van der Waals surface area contributed by atoms with Gasteiger partial charge in [-0.15, -0.1) is 11.6 Å². The van der Waals surface area contributed by atoms with E-state index in [9.17, 15) is 4.57 Å². The number of hydrogen-bond acceptors (Lipinski definition) is 2. The number of benzene rings is 1. The third-order valence-electron chi connectivity index (χ3n) is 2.03. The predicted molar refractivity (Wildman–Crippen MR) is 70.5 cm³/mol. The van der Waals surface area contributed by atoms with Crippen molar-refractivity contribution in [2.45, 2.75) is 11.8 Å². The van der Waals surface area contributed by atoms with E-state index < -0.39 is 5.85 Å². The molecule has 0 fully saturated rings. The number of rotatable bonds is 5. The van der Waals surface area contributed by atoms with E-state index >= 15 is 0 Å². The molecule has 0 heterocycles. The van der Waals surface area contributed by atoms with E-state index in [1.54, 1.807) is 7.11 Å².